The second-order valence-electron chi connectivity index (χ2n) is 9.13. The van der Waals surface area contributed by atoms with Crippen LogP contribution in [-0.2, 0) is 22.4 Å². The fourth-order valence-corrected chi connectivity index (χ4v) is 5.34. The molecule has 0 saturated carbocycles. The zero-order valence-electron chi connectivity index (χ0n) is 17.9. The quantitative estimate of drug-likeness (QED) is 0.690. The van der Waals surface area contributed by atoms with Gasteiger partial charge in [0.15, 0.2) is 0 Å². The van der Waals surface area contributed by atoms with Crippen LogP contribution in [0.15, 0.2) is 24.3 Å². The number of likely N-dealkylation sites (tertiary alicyclic amines) is 1. The molecule has 1 spiro atoms. The number of rotatable bonds is 6. The summed E-state index contributed by atoms with van der Waals surface area (Å²) in [5, 5.41) is 0. The molecular weight excluding hydrogens is 366 g/mol. The van der Waals surface area contributed by atoms with Crippen LogP contribution in [0.5, 0.6) is 0 Å². The summed E-state index contributed by atoms with van der Waals surface area (Å²) in [6.07, 6.45) is 3.59. The lowest BCUT2D eigenvalue weighted by Crippen LogP contribution is -2.58. The van der Waals surface area contributed by atoms with Crippen molar-refractivity contribution in [2.75, 3.05) is 39.9 Å². The number of hydrogen-bond donors (Lipinski definition) is 0. The SMILES string of the molecule is COCCN1C(=O)N(CC(C)C)C(=O)C12CCN(C1Cc3ccccc3C1)CC2. The predicted octanol–water partition coefficient (Wildman–Crippen LogP) is 2.56. The normalized spacial score (nSPS) is 22.3. The fourth-order valence-electron chi connectivity index (χ4n) is 5.34. The molecule has 2 heterocycles. The minimum atomic E-state index is -0.688. The van der Waals surface area contributed by atoms with Gasteiger partial charge in [-0.15, -0.1) is 0 Å². The predicted molar refractivity (Wildman–Crippen MR) is 112 cm³/mol. The van der Waals surface area contributed by atoms with Gasteiger partial charge in [-0.05, 0) is 42.7 Å². The van der Waals surface area contributed by atoms with Crippen LogP contribution in [0.1, 0.15) is 37.8 Å². The first-order chi connectivity index (χ1) is 14.0. The summed E-state index contributed by atoms with van der Waals surface area (Å²) < 4.78 is 5.24. The highest BCUT2D eigenvalue weighted by Crippen LogP contribution is 2.39. The van der Waals surface area contributed by atoms with E-state index in [9.17, 15) is 9.59 Å². The lowest BCUT2D eigenvalue weighted by Gasteiger charge is -2.44. The van der Waals surface area contributed by atoms with Gasteiger partial charge in [0.25, 0.3) is 5.91 Å². The summed E-state index contributed by atoms with van der Waals surface area (Å²) in [6, 6.07) is 9.07. The first-order valence-electron chi connectivity index (χ1n) is 10.9. The van der Waals surface area contributed by atoms with Crippen molar-refractivity contribution in [3.05, 3.63) is 35.4 Å². The first kappa shape index (κ1) is 20.4. The van der Waals surface area contributed by atoms with Gasteiger partial charge in [0, 0.05) is 39.3 Å². The number of carbonyl (C=O) groups excluding carboxylic acids is 2. The maximum Gasteiger partial charge on any atom is 0.327 e. The third-order valence-corrected chi connectivity index (χ3v) is 6.86. The minimum Gasteiger partial charge on any atom is -0.383 e. The van der Waals surface area contributed by atoms with Crippen LogP contribution in [0.25, 0.3) is 0 Å². The van der Waals surface area contributed by atoms with E-state index in [1.54, 1.807) is 7.11 Å². The van der Waals surface area contributed by atoms with E-state index < -0.39 is 5.54 Å². The molecule has 1 aliphatic carbocycles. The molecule has 3 aliphatic rings. The van der Waals surface area contributed by atoms with Crippen molar-refractivity contribution in [2.24, 2.45) is 5.92 Å². The lowest BCUT2D eigenvalue weighted by molar-refractivity contribution is -0.136. The van der Waals surface area contributed by atoms with Crippen molar-refractivity contribution in [1.29, 1.82) is 0 Å². The Labute approximate surface area is 173 Å². The highest BCUT2D eigenvalue weighted by atomic mass is 16.5. The highest BCUT2D eigenvalue weighted by molar-refractivity contribution is 6.07. The molecule has 4 rings (SSSR count). The van der Waals surface area contributed by atoms with Crippen molar-refractivity contribution in [3.63, 3.8) is 0 Å². The Hall–Kier alpha value is -1.92. The Balaban J connectivity index is 1.48. The first-order valence-corrected chi connectivity index (χ1v) is 10.9. The molecule has 1 aromatic carbocycles. The van der Waals surface area contributed by atoms with E-state index in [-0.39, 0.29) is 17.9 Å². The molecule has 0 aromatic heterocycles. The summed E-state index contributed by atoms with van der Waals surface area (Å²) in [5.41, 5.74) is 2.22. The van der Waals surface area contributed by atoms with E-state index >= 15 is 0 Å². The molecule has 6 nitrogen and oxygen atoms in total. The number of urea groups is 1. The molecule has 2 aliphatic heterocycles. The van der Waals surface area contributed by atoms with Gasteiger partial charge in [0.1, 0.15) is 5.54 Å². The average Bonchev–Trinajstić information content (AvgIpc) is 3.22. The number of amides is 3. The zero-order chi connectivity index (χ0) is 20.6. The Morgan fingerprint density at radius 2 is 1.72 bits per heavy atom. The van der Waals surface area contributed by atoms with Crippen LogP contribution in [0.4, 0.5) is 4.79 Å². The third-order valence-electron chi connectivity index (χ3n) is 6.86. The maximum atomic E-state index is 13.4. The van der Waals surface area contributed by atoms with E-state index in [0.29, 0.717) is 38.6 Å². The van der Waals surface area contributed by atoms with Gasteiger partial charge in [0.05, 0.1) is 6.61 Å². The van der Waals surface area contributed by atoms with Crippen molar-refractivity contribution < 1.29 is 14.3 Å². The third kappa shape index (κ3) is 3.57. The number of hydrogen-bond acceptors (Lipinski definition) is 4. The van der Waals surface area contributed by atoms with Crippen LogP contribution < -0.4 is 0 Å². The number of carbonyl (C=O) groups is 2. The monoisotopic (exact) mass is 399 g/mol. The summed E-state index contributed by atoms with van der Waals surface area (Å²) in [7, 11) is 1.64. The zero-order valence-corrected chi connectivity index (χ0v) is 17.9. The molecule has 2 saturated heterocycles. The standard InChI is InChI=1S/C23H33N3O3/c1-17(2)16-25-21(27)23(26(22(25)28)12-13-29-3)8-10-24(11-9-23)20-14-18-6-4-5-7-19(18)15-20/h4-7,17,20H,8-16H2,1-3H3. The molecule has 0 atom stereocenters. The Morgan fingerprint density at radius 3 is 2.28 bits per heavy atom. The van der Waals surface area contributed by atoms with Gasteiger partial charge in [-0.1, -0.05) is 38.1 Å². The van der Waals surface area contributed by atoms with Gasteiger partial charge >= 0.3 is 6.03 Å². The molecule has 6 heteroatoms. The summed E-state index contributed by atoms with van der Waals surface area (Å²) >= 11 is 0. The van der Waals surface area contributed by atoms with Crippen molar-refractivity contribution >= 4 is 11.9 Å². The van der Waals surface area contributed by atoms with E-state index in [1.165, 1.54) is 16.0 Å². The number of ether oxygens (including phenoxy) is 1. The Bertz CT molecular complexity index is 745. The summed E-state index contributed by atoms with van der Waals surface area (Å²) in [4.78, 5) is 32.3. The second-order valence-corrected chi connectivity index (χ2v) is 9.13. The smallest absolute Gasteiger partial charge is 0.327 e. The summed E-state index contributed by atoms with van der Waals surface area (Å²) in [6.45, 7) is 7.23. The minimum absolute atomic E-state index is 0.00154. The van der Waals surface area contributed by atoms with Gasteiger partial charge in [-0.25, -0.2) is 4.79 Å². The van der Waals surface area contributed by atoms with E-state index in [0.717, 1.165) is 25.9 Å². The Morgan fingerprint density at radius 1 is 1.10 bits per heavy atom. The van der Waals surface area contributed by atoms with Gasteiger partial charge < -0.3 is 9.64 Å². The maximum absolute atomic E-state index is 13.4. The molecule has 2 fully saturated rings. The molecule has 0 unspecified atom stereocenters. The number of methoxy groups -OCH3 is 1. The molecule has 0 N–H and O–H groups in total. The largest absolute Gasteiger partial charge is 0.383 e. The summed E-state index contributed by atoms with van der Waals surface area (Å²) in [5.74, 6) is 0.265. The van der Waals surface area contributed by atoms with E-state index in [4.69, 9.17) is 4.74 Å². The average molecular weight is 400 g/mol. The highest BCUT2D eigenvalue weighted by Gasteiger charge is 2.58. The van der Waals surface area contributed by atoms with Gasteiger partial charge in [-0.2, -0.15) is 0 Å². The number of piperidine rings is 1. The van der Waals surface area contributed by atoms with E-state index in [2.05, 4.69) is 29.2 Å². The van der Waals surface area contributed by atoms with Crippen LogP contribution in [0.2, 0.25) is 0 Å². The Kier molecular flexibility index (Phi) is 5.67. The molecule has 0 radical (unpaired) electrons. The number of imide groups is 1. The fraction of sp³-hybridized carbons (Fsp3) is 0.652. The molecule has 1 aromatic rings. The van der Waals surface area contributed by atoms with Crippen LogP contribution in [0.3, 0.4) is 0 Å². The van der Waals surface area contributed by atoms with Crippen LogP contribution in [0, 0.1) is 5.92 Å². The van der Waals surface area contributed by atoms with Crippen molar-refractivity contribution in [2.45, 2.75) is 51.1 Å². The molecule has 158 valence electrons. The number of fused-ring (bicyclic) bond motifs is 1. The lowest BCUT2D eigenvalue weighted by atomic mass is 9.85. The molecule has 0 bridgehead atoms. The van der Waals surface area contributed by atoms with Crippen LogP contribution in [-0.4, -0.2) is 78.1 Å². The molecular formula is C23H33N3O3. The van der Waals surface area contributed by atoms with E-state index in [1.807, 2.05) is 18.7 Å². The topological polar surface area (TPSA) is 53.1 Å². The number of nitrogens with zero attached hydrogens (tertiary/aromatic N) is 3. The molecule has 3 amide bonds. The van der Waals surface area contributed by atoms with Crippen molar-refractivity contribution in [1.82, 2.24) is 14.7 Å². The second kappa shape index (κ2) is 8.07. The van der Waals surface area contributed by atoms with Gasteiger partial charge in [0.2, 0.25) is 0 Å². The van der Waals surface area contributed by atoms with Crippen molar-refractivity contribution in [3.8, 4) is 0 Å². The number of benzene rings is 1. The van der Waals surface area contributed by atoms with Crippen LogP contribution >= 0.6 is 0 Å². The molecule has 29 heavy (non-hydrogen) atoms. The van der Waals surface area contributed by atoms with Gasteiger partial charge in [-0.3, -0.25) is 14.6 Å².